The Hall–Kier alpha value is -1.91. The second kappa shape index (κ2) is 4.89. The maximum absolute atomic E-state index is 13.3. The van der Waals surface area contributed by atoms with Crippen molar-refractivity contribution in [1.82, 2.24) is 4.90 Å². The summed E-state index contributed by atoms with van der Waals surface area (Å²) >= 11 is 0. The molecule has 0 spiro atoms. The highest BCUT2D eigenvalue weighted by molar-refractivity contribution is 5.99. The lowest BCUT2D eigenvalue weighted by molar-refractivity contribution is -0.129. The lowest BCUT2D eigenvalue weighted by Crippen LogP contribution is -2.51. The minimum absolute atomic E-state index is 0.135. The summed E-state index contributed by atoms with van der Waals surface area (Å²) in [7, 11) is 0. The summed E-state index contributed by atoms with van der Waals surface area (Å²) < 4.78 is 13.3. The van der Waals surface area contributed by atoms with Crippen molar-refractivity contribution < 1.29 is 14.0 Å². The van der Waals surface area contributed by atoms with Crippen molar-refractivity contribution in [3.63, 3.8) is 0 Å². The van der Waals surface area contributed by atoms with Crippen LogP contribution in [0.5, 0.6) is 0 Å². The molecule has 4 nitrogen and oxygen atoms in total. The highest BCUT2D eigenvalue weighted by Gasteiger charge is 2.36. The number of nitrogens with zero attached hydrogens (tertiary/aromatic N) is 2. The third-order valence-corrected chi connectivity index (χ3v) is 4.17. The summed E-state index contributed by atoms with van der Waals surface area (Å²) in [6.07, 6.45) is 1.48. The maximum Gasteiger partial charge on any atom is 0.223 e. The molecule has 0 aromatic heterocycles. The molecule has 0 saturated carbocycles. The van der Waals surface area contributed by atoms with Gasteiger partial charge in [-0.1, -0.05) is 0 Å². The quantitative estimate of drug-likeness (QED) is 0.774. The Morgan fingerprint density at radius 2 is 2.15 bits per heavy atom. The zero-order chi connectivity index (χ0) is 14.3. The normalized spacial score (nSPS) is 22.1. The molecule has 2 heterocycles. The summed E-state index contributed by atoms with van der Waals surface area (Å²) in [5.74, 6) is -0.307. The molecule has 2 aliphatic heterocycles. The van der Waals surface area contributed by atoms with Crippen LogP contribution in [0.15, 0.2) is 18.2 Å². The summed E-state index contributed by atoms with van der Waals surface area (Å²) in [4.78, 5) is 27.4. The second-order valence-electron chi connectivity index (χ2n) is 5.44. The zero-order valence-corrected chi connectivity index (χ0v) is 11.4. The molecule has 2 saturated heterocycles. The molecule has 3 rings (SSSR count). The number of benzene rings is 1. The third-order valence-electron chi connectivity index (χ3n) is 4.17. The Labute approximate surface area is 117 Å². The fourth-order valence-corrected chi connectivity index (χ4v) is 3.15. The van der Waals surface area contributed by atoms with Crippen LogP contribution in [-0.4, -0.2) is 42.3 Å². The first kappa shape index (κ1) is 13.1. The van der Waals surface area contributed by atoms with Crippen LogP contribution in [0.25, 0.3) is 0 Å². The smallest absolute Gasteiger partial charge is 0.223 e. The van der Waals surface area contributed by atoms with E-state index in [1.807, 2.05) is 4.90 Å². The molecule has 0 bridgehead atoms. The SMILES string of the molecule is CC(=O)c1cc(F)ccc1N1CCN2C(=O)CCC2C1. The van der Waals surface area contributed by atoms with E-state index in [2.05, 4.69) is 4.90 Å². The summed E-state index contributed by atoms with van der Waals surface area (Å²) in [6, 6.07) is 4.57. The number of halogens is 1. The fourth-order valence-electron chi connectivity index (χ4n) is 3.15. The van der Waals surface area contributed by atoms with Gasteiger partial charge in [0.25, 0.3) is 0 Å². The number of ketones is 1. The number of rotatable bonds is 2. The van der Waals surface area contributed by atoms with Crippen LogP contribution in [0.2, 0.25) is 0 Å². The van der Waals surface area contributed by atoms with E-state index >= 15 is 0 Å². The first-order chi connectivity index (χ1) is 9.56. The van der Waals surface area contributed by atoms with Gasteiger partial charge < -0.3 is 9.80 Å². The van der Waals surface area contributed by atoms with Crippen molar-refractivity contribution in [1.29, 1.82) is 0 Å². The van der Waals surface area contributed by atoms with Gasteiger partial charge in [0.05, 0.1) is 0 Å². The van der Waals surface area contributed by atoms with Gasteiger partial charge in [0.2, 0.25) is 5.91 Å². The molecule has 0 radical (unpaired) electrons. The largest absolute Gasteiger partial charge is 0.367 e. The summed E-state index contributed by atoms with van der Waals surface area (Å²) in [5, 5.41) is 0. The number of hydrogen-bond donors (Lipinski definition) is 0. The molecular weight excluding hydrogens is 259 g/mol. The van der Waals surface area contributed by atoms with Crippen molar-refractivity contribution >= 4 is 17.4 Å². The summed E-state index contributed by atoms with van der Waals surface area (Å²) in [6.45, 7) is 3.54. The van der Waals surface area contributed by atoms with Crippen LogP contribution < -0.4 is 4.90 Å². The van der Waals surface area contributed by atoms with Gasteiger partial charge in [-0.15, -0.1) is 0 Å². The number of Topliss-reactive ketones (excluding diaryl/α,β-unsaturated/α-hetero) is 1. The molecule has 2 fully saturated rings. The standard InChI is InChI=1S/C15H17FN2O2/c1-10(19)13-8-11(16)2-4-14(13)17-6-7-18-12(9-17)3-5-15(18)20/h2,4,8,12H,3,5-7,9H2,1H3. The number of hydrogen-bond acceptors (Lipinski definition) is 3. The minimum atomic E-state index is -0.395. The molecule has 1 amide bonds. The van der Waals surface area contributed by atoms with E-state index in [9.17, 15) is 14.0 Å². The number of fused-ring (bicyclic) bond motifs is 1. The van der Waals surface area contributed by atoms with Crippen molar-refractivity contribution in [3.8, 4) is 0 Å². The molecule has 20 heavy (non-hydrogen) atoms. The Balaban J connectivity index is 1.87. The van der Waals surface area contributed by atoms with Gasteiger partial charge >= 0.3 is 0 Å². The van der Waals surface area contributed by atoms with E-state index in [4.69, 9.17) is 0 Å². The molecular formula is C15H17FN2O2. The van der Waals surface area contributed by atoms with Gasteiger partial charge in [-0.3, -0.25) is 9.59 Å². The average molecular weight is 276 g/mol. The third kappa shape index (κ3) is 2.17. The van der Waals surface area contributed by atoms with E-state index in [1.54, 1.807) is 6.07 Å². The van der Waals surface area contributed by atoms with Crippen LogP contribution in [0.3, 0.4) is 0 Å². The Bertz CT molecular complexity index is 573. The monoisotopic (exact) mass is 276 g/mol. The number of piperazine rings is 1. The fraction of sp³-hybridized carbons (Fsp3) is 0.467. The van der Waals surface area contributed by atoms with Crippen LogP contribution in [0.1, 0.15) is 30.1 Å². The predicted molar refractivity (Wildman–Crippen MR) is 73.4 cm³/mol. The Kier molecular flexibility index (Phi) is 3.20. The highest BCUT2D eigenvalue weighted by atomic mass is 19.1. The number of anilines is 1. The van der Waals surface area contributed by atoms with E-state index in [1.165, 1.54) is 19.1 Å². The Morgan fingerprint density at radius 1 is 1.35 bits per heavy atom. The molecule has 5 heteroatoms. The zero-order valence-electron chi connectivity index (χ0n) is 11.4. The lowest BCUT2D eigenvalue weighted by atomic mass is 10.1. The van der Waals surface area contributed by atoms with Crippen molar-refractivity contribution in [2.75, 3.05) is 24.5 Å². The van der Waals surface area contributed by atoms with Gasteiger partial charge in [-0.05, 0) is 31.5 Å². The number of carbonyl (C=O) groups excluding carboxylic acids is 2. The molecule has 1 unspecified atom stereocenters. The van der Waals surface area contributed by atoms with E-state index < -0.39 is 5.82 Å². The van der Waals surface area contributed by atoms with Crippen LogP contribution >= 0.6 is 0 Å². The molecule has 1 aromatic rings. The molecule has 2 aliphatic rings. The highest BCUT2D eigenvalue weighted by Crippen LogP contribution is 2.29. The van der Waals surface area contributed by atoms with Gasteiger partial charge in [-0.2, -0.15) is 0 Å². The van der Waals surface area contributed by atoms with Gasteiger partial charge in [-0.25, -0.2) is 4.39 Å². The van der Waals surface area contributed by atoms with Crippen molar-refractivity contribution in [2.24, 2.45) is 0 Å². The summed E-state index contributed by atoms with van der Waals surface area (Å²) in [5.41, 5.74) is 1.20. The first-order valence-corrected chi connectivity index (χ1v) is 6.91. The maximum atomic E-state index is 13.3. The van der Waals surface area contributed by atoms with Crippen LogP contribution in [-0.2, 0) is 4.79 Å². The molecule has 1 atom stereocenters. The van der Waals surface area contributed by atoms with Crippen LogP contribution in [0, 0.1) is 5.82 Å². The molecule has 106 valence electrons. The lowest BCUT2D eigenvalue weighted by Gasteiger charge is -2.39. The van der Waals surface area contributed by atoms with Gasteiger partial charge in [0, 0.05) is 43.3 Å². The number of amides is 1. The van der Waals surface area contributed by atoms with E-state index in [-0.39, 0.29) is 17.7 Å². The second-order valence-corrected chi connectivity index (χ2v) is 5.44. The van der Waals surface area contributed by atoms with Crippen molar-refractivity contribution in [3.05, 3.63) is 29.6 Å². The first-order valence-electron chi connectivity index (χ1n) is 6.91. The topological polar surface area (TPSA) is 40.6 Å². The van der Waals surface area contributed by atoms with Crippen LogP contribution in [0.4, 0.5) is 10.1 Å². The minimum Gasteiger partial charge on any atom is -0.367 e. The molecule has 0 N–H and O–H groups in total. The molecule has 0 aliphatic carbocycles. The van der Waals surface area contributed by atoms with Gasteiger partial charge in [0.1, 0.15) is 5.82 Å². The molecule has 1 aromatic carbocycles. The predicted octanol–water partition coefficient (Wildman–Crippen LogP) is 1.84. The average Bonchev–Trinajstić information content (AvgIpc) is 2.80. The van der Waals surface area contributed by atoms with Gasteiger partial charge in [0.15, 0.2) is 5.78 Å². The number of carbonyl (C=O) groups is 2. The van der Waals surface area contributed by atoms with E-state index in [0.29, 0.717) is 25.1 Å². The van der Waals surface area contributed by atoms with E-state index in [0.717, 1.165) is 18.7 Å². The van der Waals surface area contributed by atoms with Crippen molar-refractivity contribution in [2.45, 2.75) is 25.8 Å². The Morgan fingerprint density at radius 3 is 2.90 bits per heavy atom.